The third-order valence-corrected chi connectivity index (χ3v) is 5.79. The summed E-state index contributed by atoms with van der Waals surface area (Å²) in [6.45, 7) is 10.7. The van der Waals surface area contributed by atoms with Crippen LogP contribution in [0.25, 0.3) is 0 Å². The molecule has 140 valence electrons. The topological polar surface area (TPSA) is 48.3 Å². The zero-order chi connectivity index (χ0) is 19.3. The van der Waals surface area contributed by atoms with Crippen molar-refractivity contribution in [2.75, 3.05) is 12.4 Å². The number of nitrogens with zero attached hydrogens (tertiary/aromatic N) is 1. The summed E-state index contributed by atoms with van der Waals surface area (Å²) in [5, 5.41) is 0.209. The number of hydrogen-bond donors (Lipinski definition) is 0. The van der Waals surface area contributed by atoms with Gasteiger partial charge in [0.1, 0.15) is 0 Å². The third-order valence-electron chi connectivity index (χ3n) is 4.59. The molecule has 0 aliphatic carbocycles. The van der Waals surface area contributed by atoms with Crippen molar-refractivity contribution in [1.29, 1.82) is 0 Å². The molecular weight excluding hydrogens is 346 g/mol. The Balaban J connectivity index is 2.26. The van der Waals surface area contributed by atoms with Gasteiger partial charge in [-0.2, -0.15) is 0 Å². The summed E-state index contributed by atoms with van der Waals surface area (Å²) in [7, 11) is 0. The van der Waals surface area contributed by atoms with E-state index in [2.05, 4.69) is 19.1 Å². The fraction of sp³-hybridized carbons (Fsp3) is 0.429. The summed E-state index contributed by atoms with van der Waals surface area (Å²) < 4.78 is 7.20. The number of ether oxygens (including phenoxy) is 1. The summed E-state index contributed by atoms with van der Waals surface area (Å²) in [5.74, 6) is -0.102. The van der Waals surface area contributed by atoms with Gasteiger partial charge in [0.2, 0.25) is 0 Å². The van der Waals surface area contributed by atoms with Gasteiger partial charge in [0.25, 0.3) is 0 Å². The largest absolute Gasteiger partial charge is 0.462 e. The average Bonchev–Trinajstić information content (AvgIpc) is 2.90. The van der Waals surface area contributed by atoms with Crippen LogP contribution in [0.4, 0.5) is 0 Å². The fourth-order valence-electron chi connectivity index (χ4n) is 3.24. The number of benzene rings is 1. The third kappa shape index (κ3) is 4.21. The number of ketones is 1. The molecule has 1 unspecified atom stereocenters. The number of hydrogen-bond acceptors (Lipinski definition) is 4. The van der Waals surface area contributed by atoms with Gasteiger partial charge >= 0.3 is 5.97 Å². The Morgan fingerprint density at radius 3 is 2.27 bits per heavy atom. The lowest BCUT2D eigenvalue weighted by Crippen LogP contribution is -2.13. The molecule has 5 heteroatoms. The predicted molar refractivity (Wildman–Crippen MR) is 107 cm³/mol. The smallest absolute Gasteiger partial charge is 0.340 e. The highest BCUT2D eigenvalue weighted by Crippen LogP contribution is 2.30. The van der Waals surface area contributed by atoms with Gasteiger partial charge in [0.15, 0.2) is 5.78 Å². The first-order valence-electron chi connectivity index (χ1n) is 8.98. The normalized spacial score (nSPS) is 12.0. The van der Waals surface area contributed by atoms with Crippen molar-refractivity contribution < 1.29 is 14.3 Å². The van der Waals surface area contributed by atoms with E-state index in [4.69, 9.17) is 4.74 Å². The highest BCUT2D eigenvalue weighted by Gasteiger charge is 2.28. The molecule has 1 aromatic heterocycles. The summed E-state index contributed by atoms with van der Waals surface area (Å²) in [5.41, 5.74) is 3.76. The van der Waals surface area contributed by atoms with Crippen molar-refractivity contribution in [3.8, 4) is 0 Å². The summed E-state index contributed by atoms with van der Waals surface area (Å²) in [6, 6.07) is 10.1. The molecule has 0 saturated carbocycles. The lowest BCUT2D eigenvalue weighted by molar-refractivity contribution is 0.0522. The van der Waals surface area contributed by atoms with E-state index in [1.165, 1.54) is 5.56 Å². The van der Waals surface area contributed by atoms with E-state index in [0.717, 1.165) is 11.4 Å². The molecular formula is C21H27NO3S. The Morgan fingerprint density at radius 2 is 1.69 bits per heavy atom. The molecule has 0 saturated heterocycles. The maximum absolute atomic E-state index is 13.0. The van der Waals surface area contributed by atoms with E-state index in [9.17, 15) is 9.59 Å². The Kier molecular flexibility index (Phi) is 7.09. The van der Waals surface area contributed by atoms with Crippen LogP contribution in [0.1, 0.15) is 63.7 Å². The van der Waals surface area contributed by atoms with Gasteiger partial charge in [-0.15, -0.1) is 11.8 Å². The Hall–Kier alpha value is -2.01. The van der Waals surface area contributed by atoms with E-state index < -0.39 is 5.97 Å². The SMILES string of the molecule is CCOC(=O)c1c(C(=O)CSC(C)c2ccccc2)c(C)n(CC)c1C. The van der Waals surface area contributed by atoms with E-state index in [1.54, 1.807) is 18.7 Å². The lowest BCUT2D eigenvalue weighted by atomic mass is 10.1. The number of carbonyl (C=O) groups excluding carboxylic acids is 2. The molecule has 0 aliphatic heterocycles. The maximum atomic E-state index is 13.0. The van der Waals surface area contributed by atoms with Gasteiger partial charge in [-0.1, -0.05) is 30.3 Å². The molecule has 4 nitrogen and oxygen atoms in total. The van der Waals surface area contributed by atoms with Crippen LogP contribution < -0.4 is 0 Å². The first-order chi connectivity index (χ1) is 12.4. The van der Waals surface area contributed by atoms with Gasteiger partial charge in [-0.25, -0.2) is 4.79 Å². The second kappa shape index (κ2) is 9.08. The summed E-state index contributed by atoms with van der Waals surface area (Å²) in [6.07, 6.45) is 0. The molecule has 0 spiro atoms. The molecule has 2 rings (SSSR count). The van der Waals surface area contributed by atoms with Crippen LogP contribution in [0.3, 0.4) is 0 Å². The maximum Gasteiger partial charge on any atom is 0.340 e. The Bertz CT molecular complexity index is 780. The van der Waals surface area contributed by atoms with Crippen LogP contribution in [0.2, 0.25) is 0 Å². The van der Waals surface area contributed by atoms with Gasteiger partial charge in [0, 0.05) is 23.2 Å². The molecule has 0 N–H and O–H groups in total. The van der Waals surface area contributed by atoms with Crippen molar-refractivity contribution in [2.24, 2.45) is 0 Å². The van der Waals surface area contributed by atoms with Crippen molar-refractivity contribution in [3.63, 3.8) is 0 Å². The number of Topliss-reactive ketones (excluding diaryl/α,β-unsaturated/α-hetero) is 1. The molecule has 1 atom stereocenters. The number of carbonyl (C=O) groups is 2. The van der Waals surface area contributed by atoms with E-state index in [-0.39, 0.29) is 11.0 Å². The van der Waals surface area contributed by atoms with Crippen LogP contribution >= 0.6 is 11.8 Å². The summed E-state index contributed by atoms with van der Waals surface area (Å²) in [4.78, 5) is 25.4. The highest BCUT2D eigenvalue weighted by molar-refractivity contribution is 8.00. The lowest BCUT2D eigenvalue weighted by Gasteiger charge is -2.11. The van der Waals surface area contributed by atoms with Crippen LogP contribution in [0.15, 0.2) is 30.3 Å². The molecule has 0 fully saturated rings. The van der Waals surface area contributed by atoms with Gasteiger partial charge in [0.05, 0.1) is 23.5 Å². The van der Waals surface area contributed by atoms with Gasteiger partial charge in [-0.3, -0.25) is 4.79 Å². The fourth-order valence-corrected chi connectivity index (χ4v) is 4.14. The van der Waals surface area contributed by atoms with E-state index >= 15 is 0 Å². The summed E-state index contributed by atoms with van der Waals surface area (Å²) >= 11 is 1.59. The second-order valence-corrected chi connectivity index (χ2v) is 7.50. The number of thioether (sulfide) groups is 1. The average molecular weight is 374 g/mol. The predicted octanol–water partition coefficient (Wildman–Crippen LogP) is 4.98. The molecule has 0 bridgehead atoms. The Labute approximate surface area is 159 Å². The zero-order valence-corrected chi connectivity index (χ0v) is 17.0. The van der Waals surface area contributed by atoms with Crippen LogP contribution in [-0.2, 0) is 11.3 Å². The minimum atomic E-state index is -0.412. The Morgan fingerprint density at radius 1 is 1.08 bits per heavy atom. The first kappa shape index (κ1) is 20.3. The van der Waals surface area contributed by atoms with Crippen LogP contribution in [-0.4, -0.2) is 28.7 Å². The number of aromatic nitrogens is 1. The van der Waals surface area contributed by atoms with Gasteiger partial charge in [-0.05, 0) is 40.2 Å². The van der Waals surface area contributed by atoms with Crippen molar-refractivity contribution >= 4 is 23.5 Å². The van der Waals surface area contributed by atoms with E-state index in [0.29, 0.717) is 30.0 Å². The monoisotopic (exact) mass is 373 g/mol. The molecule has 1 heterocycles. The molecule has 2 aromatic rings. The minimum Gasteiger partial charge on any atom is -0.462 e. The molecule has 0 amide bonds. The highest BCUT2D eigenvalue weighted by atomic mass is 32.2. The molecule has 26 heavy (non-hydrogen) atoms. The molecule has 0 aliphatic rings. The standard InChI is InChI=1S/C21H27NO3S/c1-6-22-14(3)19(20(15(22)4)21(24)25-7-2)18(23)13-26-16(5)17-11-9-8-10-12-17/h8-12,16H,6-7,13H2,1-5H3. The van der Waals surface area contributed by atoms with Gasteiger partial charge < -0.3 is 9.30 Å². The number of esters is 1. The first-order valence-corrected chi connectivity index (χ1v) is 10.0. The molecule has 0 radical (unpaired) electrons. The quantitative estimate of drug-likeness (QED) is 0.484. The zero-order valence-electron chi connectivity index (χ0n) is 16.2. The second-order valence-electron chi connectivity index (χ2n) is 6.17. The van der Waals surface area contributed by atoms with Crippen LogP contribution in [0.5, 0.6) is 0 Å². The van der Waals surface area contributed by atoms with Crippen molar-refractivity contribution in [2.45, 2.75) is 46.4 Å². The molecule has 1 aromatic carbocycles. The van der Waals surface area contributed by atoms with Crippen LogP contribution in [0, 0.1) is 13.8 Å². The minimum absolute atomic E-state index is 0.0198. The van der Waals surface area contributed by atoms with Crippen molar-refractivity contribution in [1.82, 2.24) is 4.57 Å². The number of rotatable bonds is 8. The van der Waals surface area contributed by atoms with E-state index in [1.807, 2.05) is 43.5 Å². The van der Waals surface area contributed by atoms with Crippen molar-refractivity contribution in [3.05, 3.63) is 58.4 Å².